The van der Waals surface area contributed by atoms with E-state index in [4.69, 9.17) is 5.11 Å². The molecule has 0 amide bonds. The number of rotatable bonds is 5. The second kappa shape index (κ2) is 6.76. The van der Waals surface area contributed by atoms with Crippen LogP contribution in [0.3, 0.4) is 0 Å². The Kier molecular flexibility index (Phi) is 5.32. The Labute approximate surface area is 106 Å². The van der Waals surface area contributed by atoms with Crippen molar-refractivity contribution in [2.75, 3.05) is 13.7 Å². The number of nitrogens with zero attached hydrogens (tertiary/aromatic N) is 2. The summed E-state index contributed by atoms with van der Waals surface area (Å²) in [5, 5.41) is 8.94. The molecule has 1 rings (SSSR count). The lowest BCUT2D eigenvalue weighted by Gasteiger charge is -2.01. The van der Waals surface area contributed by atoms with Crippen molar-refractivity contribution in [2.45, 2.75) is 13.3 Å². The number of hydrogen-bond acceptors (Lipinski definition) is 4. The summed E-state index contributed by atoms with van der Waals surface area (Å²) >= 11 is 0. The predicted molar refractivity (Wildman–Crippen MR) is 68.8 cm³/mol. The summed E-state index contributed by atoms with van der Waals surface area (Å²) in [4.78, 5) is 15.2. The van der Waals surface area contributed by atoms with Crippen LogP contribution in [0.1, 0.15) is 18.3 Å². The number of imidazole rings is 1. The van der Waals surface area contributed by atoms with Gasteiger partial charge in [0.15, 0.2) is 0 Å². The van der Waals surface area contributed by atoms with E-state index in [9.17, 15) is 4.79 Å². The summed E-state index contributed by atoms with van der Waals surface area (Å²) in [6.45, 7) is 1.91. The number of aromatic nitrogens is 2. The van der Waals surface area contributed by atoms with E-state index in [1.54, 1.807) is 12.4 Å². The Morgan fingerprint density at radius 1 is 1.61 bits per heavy atom. The zero-order chi connectivity index (χ0) is 13.5. The first-order valence-corrected chi connectivity index (χ1v) is 5.61. The van der Waals surface area contributed by atoms with Gasteiger partial charge in [-0.15, -0.1) is 0 Å². The summed E-state index contributed by atoms with van der Waals surface area (Å²) in [6.07, 6.45) is 7.25. The predicted octanol–water partition coefficient (Wildman–Crippen LogP) is 1.09. The Morgan fingerprint density at radius 3 is 2.94 bits per heavy atom. The highest BCUT2D eigenvalue weighted by Crippen LogP contribution is 2.11. The van der Waals surface area contributed by atoms with Crippen molar-refractivity contribution >= 4 is 12.0 Å². The first-order chi connectivity index (χ1) is 8.58. The third-order valence-electron chi connectivity index (χ3n) is 2.56. The molecule has 98 valence electrons. The van der Waals surface area contributed by atoms with Crippen LogP contribution in [0.15, 0.2) is 24.1 Å². The molecule has 0 bridgehead atoms. The molecule has 0 fully saturated rings. The van der Waals surface area contributed by atoms with Gasteiger partial charge in [0.1, 0.15) is 0 Å². The monoisotopic (exact) mass is 250 g/mol. The topological polar surface area (TPSA) is 64.3 Å². The van der Waals surface area contributed by atoms with Gasteiger partial charge in [-0.3, -0.25) is 0 Å². The molecule has 0 unspecified atom stereocenters. The SMILES string of the molecule is COC(=O)C=Cc1ncn(C)c1CC=C(C)CO. The normalized spacial score (nSPS) is 12.1. The fourth-order valence-electron chi connectivity index (χ4n) is 1.41. The van der Waals surface area contributed by atoms with Crippen molar-refractivity contribution in [3.63, 3.8) is 0 Å². The van der Waals surface area contributed by atoms with E-state index in [2.05, 4.69) is 9.72 Å². The fraction of sp³-hybridized carbons (Fsp3) is 0.385. The van der Waals surface area contributed by atoms with Gasteiger partial charge >= 0.3 is 5.97 Å². The van der Waals surface area contributed by atoms with Crippen molar-refractivity contribution in [1.82, 2.24) is 9.55 Å². The van der Waals surface area contributed by atoms with Gasteiger partial charge in [0.2, 0.25) is 0 Å². The smallest absolute Gasteiger partial charge is 0.330 e. The van der Waals surface area contributed by atoms with Crippen LogP contribution in [0.4, 0.5) is 0 Å². The lowest BCUT2D eigenvalue weighted by atomic mass is 10.2. The number of aliphatic hydroxyl groups excluding tert-OH is 1. The first kappa shape index (κ1) is 14.2. The molecule has 0 saturated carbocycles. The van der Waals surface area contributed by atoms with Crippen LogP contribution in [0.5, 0.6) is 0 Å². The summed E-state index contributed by atoms with van der Waals surface area (Å²) < 4.78 is 6.42. The summed E-state index contributed by atoms with van der Waals surface area (Å²) in [5.41, 5.74) is 2.60. The van der Waals surface area contributed by atoms with E-state index in [0.717, 1.165) is 17.0 Å². The second-order valence-corrected chi connectivity index (χ2v) is 3.96. The number of aryl methyl sites for hydroxylation is 1. The van der Waals surface area contributed by atoms with E-state index in [-0.39, 0.29) is 6.61 Å². The average molecular weight is 250 g/mol. The molecule has 18 heavy (non-hydrogen) atoms. The van der Waals surface area contributed by atoms with E-state index in [1.165, 1.54) is 13.2 Å². The molecule has 1 aromatic rings. The van der Waals surface area contributed by atoms with Crippen molar-refractivity contribution in [2.24, 2.45) is 7.05 Å². The standard InChI is InChI=1S/C13H18N2O3/c1-10(8-16)4-6-12-11(14-9-15(12)2)5-7-13(17)18-3/h4-5,7,9,16H,6,8H2,1-3H3. The molecule has 5 heteroatoms. The van der Waals surface area contributed by atoms with E-state index in [0.29, 0.717) is 6.42 Å². The average Bonchev–Trinajstić information content (AvgIpc) is 2.73. The molecule has 0 aliphatic rings. The van der Waals surface area contributed by atoms with Crippen molar-refractivity contribution < 1.29 is 14.6 Å². The molecule has 0 aliphatic carbocycles. The summed E-state index contributed by atoms with van der Waals surface area (Å²) in [6, 6.07) is 0. The molecule has 1 heterocycles. The minimum atomic E-state index is -0.409. The fourth-order valence-corrected chi connectivity index (χ4v) is 1.41. The molecule has 0 radical (unpaired) electrons. The van der Waals surface area contributed by atoms with Crippen molar-refractivity contribution in [3.8, 4) is 0 Å². The van der Waals surface area contributed by atoms with Gasteiger partial charge in [0.05, 0.1) is 25.7 Å². The second-order valence-electron chi connectivity index (χ2n) is 3.96. The Hall–Kier alpha value is -1.88. The highest BCUT2D eigenvalue weighted by molar-refractivity contribution is 5.86. The molecule has 0 aliphatic heterocycles. The third kappa shape index (κ3) is 3.85. The zero-order valence-corrected chi connectivity index (χ0v) is 10.9. The highest BCUT2D eigenvalue weighted by atomic mass is 16.5. The van der Waals surface area contributed by atoms with Gasteiger partial charge in [-0.05, 0) is 13.0 Å². The zero-order valence-electron chi connectivity index (χ0n) is 10.9. The van der Waals surface area contributed by atoms with Gasteiger partial charge in [0, 0.05) is 25.2 Å². The Balaban J connectivity index is 2.88. The maximum absolute atomic E-state index is 11.0. The first-order valence-electron chi connectivity index (χ1n) is 5.61. The Morgan fingerprint density at radius 2 is 2.33 bits per heavy atom. The molecule has 0 atom stereocenters. The van der Waals surface area contributed by atoms with Crippen LogP contribution in [-0.4, -0.2) is 34.3 Å². The molecular formula is C13H18N2O3. The lowest BCUT2D eigenvalue weighted by Crippen LogP contribution is -1.98. The number of esters is 1. The molecule has 5 nitrogen and oxygen atoms in total. The molecular weight excluding hydrogens is 232 g/mol. The number of carbonyl (C=O) groups is 1. The van der Waals surface area contributed by atoms with Crippen LogP contribution < -0.4 is 0 Å². The molecule has 0 aromatic carbocycles. The number of methoxy groups -OCH3 is 1. The summed E-state index contributed by atoms with van der Waals surface area (Å²) in [7, 11) is 3.22. The van der Waals surface area contributed by atoms with Crippen molar-refractivity contribution in [1.29, 1.82) is 0 Å². The van der Waals surface area contributed by atoms with Crippen LogP contribution in [0, 0.1) is 0 Å². The molecule has 1 aromatic heterocycles. The van der Waals surface area contributed by atoms with Gasteiger partial charge < -0.3 is 14.4 Å². The minimum Gasteiger partial charge on any atom is -0.466 e. The molecule has 0 saturated heterocycles. The number of allylic oxidation sites excluding steroid dienone is 1. The van der Waals surface area contributed by atoms with E-state index < -0.39 is 5.97 Å². The maximum Gasteiger partial charge on any atom is 0.330 e. The molecule has 1 N–H and O–H groups in total. The van der Waals surface area contributed by atoms with Gasteiger partial charge in [-0.25, -0.2) is 9.78 Å². The van der Waals surface area contributed by atoms with Crippen LogP contribution in [0.25, 0.3) is 6.08 Å². The van der Waals surface area contributed by atoms with Gasteiger partial charge in [0.25, 0.3) is 0 Å². The van der Waals surface area contributed by atoms with E-state index >= 15 is 0 Å². The third-order valence-corrected chi connectivity index (χ3v) is 2.56. The van der Waals surface area contributed by atoms with Crippen LogP contribution in [-0.2, 0) is 23.0 Å². The van der Waals surface area contributed by atoms with Crippen LogP contribution >= 0.6 is 0 Å². The number of carbonyl (C=O) groups excluding carboxylic acids is 1. The van der Waals surface area contributed by atoms with Gasteiger partial charge in [-0.1, -0.05) is 11.6 Å². The molecule has 0 spiro atoms. The largest absolute Gasteiger partial charge is 0.466 e. The number of ether oxygens (including phenoxy) is 1. The van der Waals surface area contributed by atoms with E-state index in [1.807, 2.05) is 24.6 Å². The van der Waals surface area contributed by atoms with Crippen molar-refractivity contribution in [3.05, 3.63) is 35.4 Å². The van der Waals surface area contributed by atoms with Crippen LogP contribution in [0.2, 0.25) is 0 Å². The van der Waals surface area contributed by atoms with Gasteiger partial charge in [-0.2, -0.15) is 0 Å². The maximum atomic E-state index is 11.0. The number of aliphatic hydroxyl groups is 1. The lowest BCUT2D eigenvalue weighted by molar-refractivity contribution is -0.134. The quantitative estimate of drug-likeness (QED) is 0.482. The number of hydrogen-bond donors (Lipinski definition) is 1. The highest BCUT2D eigenvalue weighted by Gasteiger charge is 2.05. The Bertz CT molecular complexity index is 473. The minimum absolute atomic E-state index is 0.0468. The summed E-state index contributed by atoms with van der Waals surface area (Å²) in [5.74, 6) is -0.409.